The number of hydrogen-bond acceptors (Lipinski definition) is 4. The van der Waals surface area contributed by atoms with Gasteiger partial charge in [0.2, 0.25) is 0 Å². The third kappa shape index (κ3) is 4.99. The number of rotatable bonds is 7. The summed E-state index contributed by atoms with van der Waals surface area (Å²) >= 11 is 0. The van der Waals surface area contributed by atoms with Crippen molar-refractivity contribution in [2.45, 2.75) is 5.92 Å². The molecule has 0 saturated carbocycles. The second-order valence-corrected chi connectivity index (χ2v) is 7.90. The first-order valence-electron chi connectivity index (χ1n) is 10.7. The fourth-order valence-electron chi connectivity index (χ4n) is 4.15. The number of carboxylic acid groups (broad SMARTS) is 1. The van der Waals surface area contributed by atoms with Gasteiger partial charge >= 0.3 is 12.1 Å². The molecule has 0 atom stereocenters. The summed E-state index contributed by atoms with van der Waals surface area (Å²) in [5.74, 6) is -0.805. The van der Waals surface area contributed by atoms with Gasteiger partial charge < -0.3 is 14.7 Å². The molecule has 2 amide bonds. The van der Waals surface area contributed by atoms with Gasteiger partial charge in [0.05, 0.1) is 12.2 Å². The number of amides is 2. The largest absolute Gasteiger partial charge is 0.480 e. The van der Waals surface area contributed by atoms with Crippen molar-refractivity contribution in [1.29, 1.82) is 0 Å². The van der Waals surface area contributed by atoms with Crippen LogP contribution in [0, 0.1) is 18.2 Å². The van der Waals surface area contributed by atoms with Crippen LogP contribution in [0.15, 0.2) is 66.7 Å². The number of aliphatic carboxylic acids is 1. The van der Waals surface area contributed by atoms with Crippen LogP contribution in [0.4, 0.5) is 14.9 Å². The van der Waals surface area contributed by atoms with E-state index in [1.165, 1.54) is 12.1 Å². The molecule has 0 aliphatic heterocycles. The van der Waals surface area contributed by atoms with Gasteiger partial charge in [-0.25, -0.2) is 9.18 Å². The molecule has 0 aromatic heterocycles. The molecule has 0 spiro atoms. The molecule has 0 saturated heterocycles. The van der Waals surface area contributed by atoms with Crippen molar-refractivity contribution >= 4 is 23.7 Å². The average molecular weight is 472 g/mol. The zero-order chi connectivity index (χ0) is 24.9. The number of halogens is 1. The van der Waals surface area contributed by atoms with E-state index in [1.807, 2.05) is 48.5 Å². The van der Waals surface area contributed by atoms with Crippen LogP contribution in [0.3, 0.4) is 0 Å². The summed E-state index contributed by atoms with van der Waals surface area (Å²) in [4.78, 5) is 36.8. The lowest BCUT2D eigenvalue weighted by atomic mass is 9.98. The van der Waals surface area contributed by atoms with Gasteiger partial charge in [-0.3, -0.25) is 14.9 Å². The van der Waals surface area contributed by atoms with Crippen LogP contribution in [0.2, 0.25) is 0 Å². The van der Waals surface area contributed by atoms with Crippen molar-refractivity contribution in [1.82, 2.24) is 4.90 Å². The van der Waals surface area contributed by atoms with E-state index in [2.05, 4.69) is 11.2 Å². The molecule has 2 N–H and O–H groups in total. The van der Waals surface area contributed by atoms with E-state index < -0.39 is 30.3 Å². The van der Waals surface area contributed by atoms with E-state index in [9.17, 15) is 18.8 Å². The summed E-state index contributed by atoms with van der Waals surface area (Å²) in [6.45, 7) is -0.800. The van der Waals surface area contributed by atoms with E-state index in [1.54, 1.807) is 0 Å². The zero-order valence-electron chi connectivity index (χ0n) is 18.5. The summed E-state index contributed by atoms with van der Waals surface area (Å²) < 4.78 is 20.0. The quantitative estimate of drug-likeness (QED) is 0.499. The fourth-order valence-corrected chi connectivity index (χ4v) is 4.15. The highest BCUT2D eigenvalue weighted by Gasteiger charge is 2.29. The normalized spacial score (nSPS) is 11.7. The Hall–Kier alpha value is -4.64. The molecule has 4 rings (SSSR count). The first-order chi connectivity index (χ1) is 16.9. The molecule has 0 fully saturated rings. The van der Waals surface area contributed by atoms with Crippen molar-refractivity contribution in [2.75, 3.05) is 25.0 Å². The topological polar surface area (TPSA) is 95.9 Å². The Labute approximate surface area is 201 Å². The molecule has 1 aliphatic carbocycles. The van der Waals surface area contributed by atoms with Crippen molar-refractivity contribution in [2.24, 2.45) is 0 Å². The molecule has 0 radical (unpaired) electrons. The van der Waals surface area contributed by atoms with E-state index in [0.717, 1.165) is 33.2 Å². The standard InChI is InChI=1S/C27H21FN2O5/c1-2-13-30(15-25(31)32)26(33)17-11-12-24(23(28)14-17)29-27(34)35-16-22-20-9-5-3-7-18(20)19-8-4-6-10-21(19)22/h1,3-12,14,22H,13,15-16H2,(H,29,34)(H,31,32). The summed E-state index contributed by atoms with van der Waals surface area (Å²) in [5, 5.41) is 11.3. The van der Waals surface area contributed by atoms with Gasteiger partial charge in [-0.05, 0) is 40.5 Å². The molecule has 1 aliphatic rings. The van der Waals surface area contributed by atoms with Gasteiger partial charge in [0.25, 0.3) is 5.91 Å². The predicted molar refractivity (Wildman–Crippen MR) is 127 cm³/mol. The minimum atomic E-state index is -1.25. The maximum atomic E-state index is 14.6. The zero-order valence-corrected chi connectivity index (χ0v) is 18.5. The predicted octanol–water partition coefficient (Wildman–Crippen LogP) is 4.35. The van der Waals surface area contributed by atoms with E-state index in [4.69, 9.17) is 16.3 Å². The van der Waals surface area contributed by atoms with Crippen LogP contribution in [0.1, 0.15) is 27.4 Å². The Kier molecular flexibility index (Phi) is 6.78. The maximum absolute atomic E-state index is 14.6. The van der Waals surface area contributed by atoms with Crippen molar-refractivity contribution in [3.05, 3.63) is 89.2 Å². The number of ether oxygens (including phenoxy) is 1. The lowest BCUT2D eigenvalue weighted by molar-refractivity contribution is -0.137. The number of nitrogens with zero attached hydrogens (tertiary/aromatic N) is 1. The summed E-state index contributed by atoms with van der Waals surface area (Å²) in [7, 11) is 0. The summed E-state index contributed by atoms with van der Waals surface area (Å²) in [6.07, 6.45) is 4.34. The highest BCUT2D eigenvalue weighted by Crippen LogP contribution is 2.44. The fraction of sp³-hybridized carbons (Fsp3) is 0.148. The molecule has 0 unspecified atom stereocenters. The average Bonchev–Trinajstić information content (AvgIpc) is 3.17. The molecule has 8 heteroatoms. The van der Waals surface area contributed by atoms with E-state index in [0.29, 0.717) is 0 Å². The Morgan fingerprint density at radius 1 is 1.03 bits per heavy atom. The van der Waals surface area contributed by atoms with Crippen LogP contribution in [0.5, 0.6) is 0 Å². The molecule has 7 nitrogen and oxygen atoms in total. The van der Waals surface area contributed by atoms with Gasteiger partial charge in [-0.15, -0.1) is 6.42 Å². The van der Waals surface area contributed by atoms with Crippen molar-refractivity contribution in [3.63, 3.8) is 0 Å². The number of nitrogens with one attached hydrogen (secondary N) is 1. The number of hydrogen-bond donors (Lipinski definition) is 2. The van der Waals surface area contributed by atoms with E-state index in [-0.39, 0.29) is 30.3 Å². The van der Waals surface area contributed by atoms with Crippen molar-refractivity contribution in [3.8, 4) is 23.5 Å². The number of benzene rings is 3. The smallest absolute Gasteiger partial charge is 0.411 e. The minimum Gasteiger partial charge on any atom is -0.480 e. The lowest BCUT2D eigenvalue weighted by Gasteiger charge is -2.18. The highest BCUT2D eigenvalue weighted by atomic mass is 19.1. The molecular formula is C27H21FN2O5. The second-order valence-electron chi connectivity index (χ2n) is 7.90. The Morgan fingerprint density at radius 2 is 1.66 bits per heavy atom. The SMILES string of the molecule is C#CCN(CC(=O)O)C(=O)c1ccc(NC(=O)OCC2c3ccccc3-c3ccccc32)c(F)c1. The highest BCUT2D eigenvalue weighted by molar-refractivity contribution is 5.97. The first-order valence-corrected chi connectivity index (χ1v) is 10.7. The first kappa shape index (κ1) is 23.5. The summed E-state index contributed by atoms with van der Waals surface area (Å²) in [6, 6.07) is 19.2. The third-order valence-electron chi connectivity index (χ3n) is 5.69. The van der Waals surface area contributed by atoms with Gasteiger partial charge in [-0.1, -0.05) is 54.5 Å². The molecule has 0 heterocycles. The van der Waals surface area contributed by atoms with Gasteiger partial charge in [0.1, 0.15) is 19.0 Å². The number of carboxylic acids is 1. The number of carbonyl (C=O) groups is 3. The van der Waals surface area contributed by atoms with E-state index >= 15 is 0 Å². The van der Waals surface area contributed by atoms with Crippen LogP contribution < -0.4 is 5.32 Å². The van der Waals surface area contributed by atoms with Crippen LogP contribution in [0.25, 0.3) is 11.1 Å². The van der Waals surface area contributed by atoms with Crippen LogP contribution in [-0.4, -0.2) is 47.7 Å². The van der Waals surface area contributed by atoms with Crippen LogP contribution >= 0.6 is 0 Å². The van der Waals surface area contributed by atoms with Crippen molar-refractivity contribution < 1.29 is 28.6 Å². The van der Waals surface area contributed by atoms with Gasteiger partial charge in [0.15, 0.2) is 0 Å². The molecule has 35 heavy (non-hydrogen) atoms. The third-order valence-corrected chi connectivity index (χ3v) is 5.69. The Morgan fingerprint density at radius 3 is 2.23 bits per heavy atom. The summed E-state index contributed by atoms with van der Waals surface area (Å²) in [5.41, 5.74) is 4.00. The molecule has 3 aromatic rings. The maximum Gasteiger partial charge on any atom is 0.411 e. The monoisotopic (exact) mass is 472 g/mol. The molecule has 176 valence electrons. The number of terminal acetylenes is 1. The molecule has 0 bridgehead atoms. The van der Waals surface area contributed by atoms with Gasteiger partial charge in [0, 0.05) is 11.5 Å². The number of fused-ring (bicyclic) bond motifs is 3. The Balaban J connectivity index is 1.42. The Bertz CT molecular complexity index is 1300. The lowest BCUT2D eigenvalue weighted by Crippen LogP contribution is -2.36. The molecular weight excluding hydrogens is 451 g/mol. The minimum absolute atomic E-state index is 0.0638. The second kappa shape index (κ2) is 10.1. The molecule has 3 aromatic carbocycles. The van der Waals surface area contributed by atoms with Crippen LogP contribution in [-0.2, 0) is 9.53 Å². The number of anilines is 1. The number of carbonyl (C=O) groups excluding carboxylic acids is 2. The van der Waals surface area contributed by atoms with Gasteiger partial charge in [-0.2, -0.15) is 0 Å².